The highest BCUT2D eigenvalue weighted by atomic mass is 32.2. The molecule has 5 nitrogen and oxygen atoms in total. The number of benzene rings is 1. The van der Waals surface area contributed by atoms with Crippen LogP contribution in [0.4, 0.5) is 45.2 Å². The van der Waals surface area contributed by atoms with Gasteiger partial charge in [-0.25, -0.2) is 4.39 Å². The Kier molecular flexibility index (Phi) is 14.5. The highest BCUT2D eigenvalue weighted by Crippen LogP contribution is 2.47. The lowest BCUT2D eigenvalue weighted by Gasteiger charge is -2.31. The molecule has 0 aliphatic rings. The summed E-state index contributed by atoms with van der Waals surface area (Å²) in [6.45, 7) is 1.42. The van der Waals surface area contributed by atoms with Crippen molar-refractivity contribution in [3.05, 3.63) is 29.3 Å². The SMILES string of the molecule is CC(F)(CCS(=O)CCCCCCCCCCC[C@](C)(O)C(=O)Nc1ccc(C#N)c(C(F)(F)F)c1)C(F)(F)C(F)(F)F. The van der Waals surface area contributed by atoms with E-state index in [-0.39, 0.29) is 24.8 Å². The van der Waals surface area contributed by atoms with E-state index in [1.165, 1.54) is 13.0 Å². The first kappa shape index (κ1) is 38.7. The van der Waals surface area contributed by atoms with Crippen molar-refractivity contribution in [1.82, 2.24) is 0 Å². The van der Waals surface area contributed by atoms with Gasteiger partial charge in [-0.2, -0.15) is 40.4 Å². The number of carbonyl (C=O) groups excluding carboxylic acids is 1. The monoisotopic (exact) mass is 652 g/mol. The number of hydrogen-bond donors (Lipinski definition) is 2. The molecule has 0 aromatic heterocycles. The minimum Gasteiger partial charge on any atom is -0.380 e. The molecule has 43 heavy (non-hydrogen) atoms. The van der Waals surface area contributed by atoms with E-state index in [1.54, 1.807) is 0 Å². The molecule has 0 saturated carbocycles. The van der Waals surface area contributed by atoms with Crippen molar-refractivity contribution in [2.45, 2.75) is 114 Å². The van der Waals surface area contributed by atoms with Crippen LogP contribution in [0.1, 0.15) is 95.6 Å². The van der Waals surface area contributed by atoms with E-state index in [2.05, 4.69) is 5.32 Å². The lowest BCUT2D eigenvalue weighted by atomic mass is 9.96. The number of nitriles is 1. The summed E-state index contributed by atoms with van der Waals surface area (Å²) in [7, 11) is -1.72. The number of aliphatic hydroxyl groups is 1. The number of amides is 1. The Morgan fingerprint density at radius 3 is 1.84 bits per heavy atom. The Hall–Kier alpha value is -2.34. The fourth-order valence-electron chi connectivity index (χ4n) is 4.16. The summed E-state index contributed by atoms with van der Waals surface area (Å²) in [5.41, 5.74) is -7.65. The minimum atomic E-state index is -6.03. The Balaban J connectivity index is 2.23. The largest absolute Gasteiger partial charge is 0.456 e. The van der Waals surface area contributed by atoms with Crippen molar-refractivity contribution >= 4 is 22.4 Å². The Morgan fingerprint density at radius 2 is 1.35 bits per heavy atom. The number of halogens is 9. The van der Waals surface area contributed by atoms with Crippen LogP contribution in [0.2, 0.25) is 0 Å². The van der Waals surface area contributed by atoms with Gasteiger partial charge in [-0.15, -0.1) is 0 Å². The van der Waals surface area contributed by atoms with E-state index < -0.39 is 69.6 Å². The fourth-order valence-corrected chi connectivity index (χ4v) is 5.50. The third-order valence-corrected chi connectivity index (χ3v) is 8.44. The van der Waals surface area contributed by atoms with Crippen molar-refractivity contribution in [3.63, 3.8) is 0 Å². The molecule has 0 radical (unpaired) electrons. The number of nitrogens with one attached hydrogen (secondary N) is 1. The average molecular weight is 653 g/mol. The van der Waals surface area contributed by atoms with E-state index in [0.717, 1.165) is 44.2 Å². The second kappa shape index (κ2) is 16.1. The van der Waals surface area contributed by atoms with Crippen LogP contribution >= 0.6 is 0 Å². The summed E-state index contributed by atoms with van der Waals surface area (Å²) < 4.78 is 129. The summed E-state index contributed by atoms with van der Waals surface area (Å²) in [6.07, 6.45) is -5.46. The van der Waals surface area contributed by atoms with Crippen LogP contribution in [0.5, 0.6) is 0 Å². The molecular formula is C28H37F9N2O3S. The number of unbranched alkanes of at least 4 members (excludes halogenated alkanes) is 8. The molecule has 2 N–H and O–H groups in total. The zero-order valence-corrected chi connectivity index (χ0v) is 24.8. The fraction of sp³-hybridized carbons (Fsp3) is 0.714. The molecular weight excluding hydrogens is 615 g/mol. The van der Waals surface area contributed by atoms with Crippen LogP contribution in [0.3, 0.4) is 0 Å². The first-order valence-corrected chi connectivity index (χ1v) is 15.3. The van der Waals surface area contributed by atoms with Crippen molar-refractivity contribution in [1.29, 1.82) is 5.26 Å². The van der Waals surface area contributed by atoms with E-state index in [9.17, 15) is 53.6 Å². The average Bonchev–Trinajstić information content (AvgIpc) is 2.89. The molecule has 0 spiro atoms. The van der Waals surface area contributed by atoms with Crippen molar-refractivity contribution in [2.24, 2.45) is 0 Å². The Bertz CT molecular complexity index is 1110. The molecule has 15 heteroatoms. The number of alkyl halides is 9. The minimum absolute atomic E-state index is 0.0772. The normalized spacial score (nSPS) is 16.2. The first-order chi connectivity index (χ1) is 19.7. The van der Waals surface area contributed by atoms with Gasteiger partial charge in [0.2, 0.25) is 0 Å². The third-order valence-electron chi connectivity index (χ3n) is 7.04. The van der Waals surface area contributed by atoms with Crippen molar-refractivity contribution < 1.29 is 53.6 Å². The van der Waals surface area contributed by atoms with Gasteiger partial charge in [-0.3, -0.25) is 9.00 Å². The van der Waals surface area contributed by atoms with Crippen LogP contribution in [0.15, 0.2) is 18.2 Å². The highest BCUT2D eigenvalue weighted by Gasteiger charge is 2.68. The lowest BCUT2D eigenvalue weighted by Crippen LogP contribution is -2.53. The van der Waals surface area contributed by atoms with Gasteiger partial charge in [-0.1, -0.05) is 51.4 Å². The van der Waals surface area contributed by atoms with E-state index >= 15 is 0 Å². The summed E-state index contributed by atoms with van der Waals surface area (Å²) in [5.74, 6) is -6.92. The van der Waals surface area contributed by atoms with Gasteiger partial charge >= 0.3 is 18.3 Å². The van der Waals surface area contributed by atoms with Gasteiger partial charge in [0.15, 0.2) is 5.67 Å². The van der Waals surface area contributed by atoms with Crippen LogP contribution < -0.4 is 5.32 Å². The molecule has 2 unspecified atom stereocenters. The van der Waals surface area contributed by atoms with Crippen LogP contribution in [0, 0.1) is 11.3 Å². The predicted octanol–water partition coefficient (Wildman–Crippen LogP) is 8.23. The number of nitrogens with zero attached hydrogens (tertiary/aromatic N) is 1. The molecule has 246 valence electrons. The van der Waals surface area contributed by atoms with E-state index in [0.29, 0.717) is 31.7 Å². The number of hydrogen-bond acceptors (Lipinski definition) is 4. The van der Waals surface area contributed by atoms with Gasteiger partial charge in [0.1, 0.15) is 5.60 Å². The van der Waals surface area contributed by atoms with Crippen LogP contribution in [-0.2, 0) is 21.8 Å². The van der Waals surface area contributed by atoms with Gasteiger partial charge in [0, 0.05) is 28.0 Å². The molecule has 0 aliphatic carbocycles. The number of anilines is 1. The summed E-state index contributed by atoms with van der Waals surface area (Å²) >= 11 is 0. The van der Waals surface area contributed by atoms with E-state index in [4.69, 9.17) is 5.26 Å². The zero-order valence-electron chi connectivity index (χ0n) is 23.9. The topological polar surface area (TPSA) is 90.2 Å². The molecule has 0 heterocycles. The van der Waals surface area contributed by atoms with E-state index in [1.807, 2.05) is 0 Å². The highest BCUT2D eigenvalue weighted by molar-refractivity contribution is 7.84. The maximum Gasteiger partial charge on any atom is 0.456 e. The molecule has 1 aromatic carbocycles. The molecule has 1 amide bonds. The molecule has 0 saturated heterocycles. The van der Waals surface area contributed by atoms with Crippen LogP contribution in [0.25, 0.3) is 0 Å². The second-order valence-corrected chi connectivity index (χ2v) is 12.6. The van der Waals surface area contributed by atoms with Gasteiger partial charge in [0.05, 0.1) is 17.2 Å². The van der Waals surface area contributed by atoms with Gasteiger partial charge in [-0.05, 0) is 51.3 Å². The third kappa shape index (κ3) is 12.3. The quantitative estimate of drug-likeness (QED) is 0.124. The van der Waals surface area contributed by atoms with Gasteiger partial charge in [0.25, 0.3) is 5.91 Å². The van der Waals surface area contributed by atoms with Gasteiger partial charge < -0.3 is 10.4 Å². The molecule has 0 bridgehead atoms. The maximum absolute atomic E-state index is 13.9. The second-order valence-electron chi connectivity index (χ2n) is 10.9. The predicted molar refractivity (Wildman–Crippen MR) is 145 cm³/mol. The van der Waals surface area contributed by atoms with Crippen LogP contribution in [-0.4, -0.2) is 50.1 Å². The molecule has 0 fully saturated rings. The Labute approximate surface area is 247 Å². The summed E-state index contributed by atoms with van der Waals surface area (Å²) in [5, 5.41) is 21.6. The smallest absolute Gasteiger partial charge is 0.380 e. The molecule has 3 atom stereocenters. The first-order valence-electron chi connectivity index (χ1n) is 13.8. The molecule has 1 aromatic rings. The Morgan fingerprint density at radius 1 is 0.837 bits per heavy atom. The summed E-state index contributed by atoms with van der Waals surface area (Å²) in [6, 6.07) is 4.17. The molecule has 1 rings (SSSR count). The zero-order chi connectivity index (χ0) is 33.1. The standard InChI is InChI=1S/C28H37F9N2O3S/c1-24(41,23(40)39-21-13-12-20(19-38)22(18-21)26(30,31)32)14-10-8-6-4-3-5-7-9-11-16-43(42)17-15-25(2,29)27(33,34)28(35,36)37/h12-13,18,41H,3-11,14-17H2,1-2H3,(H,39,40)/t24-,25?,43?/m0/s1. The van der Waals surface area contributed by atoms with Crippen molar-refractivity contribution in [2.75, 3.05) is 16.8 Å². The molecule has 0 aliphatic heterocycles. The van der Waals surface area contributed by atoms with Crippen molar-refractivity contribution in [3.8, 4) is 6.07 Å². The maximum atomic E-state index is 13.9. The summed E-state index contributed by atoms with van der Waals surface area (Å²) in [4.78, 5) is 12.4. The number of rotatable bonds is 18. The lowest BCUT2D eigenvalue weighted by molar-refractivity contribution is -0.324. The number of carbonyl (C=O) groups is 1.